The van der Waals surface area contributed by atoms with Gasteiger partial charge in [0.2, 0.25) is 0 Å². The van der Waals surface area contributed by atoms with Gasteiger partial charge in [-0.25, -0.2) is 0 Å². The van der Waals surface area contributed by atoms with E-state index >= 15 is 0 Å². The monoisotopic (exact) mass is 368 g/mol. The Kier molecular flexibility index (Phi) is 5.17. The van der Waals surface area contributed by atoms with E-state index in [0.717, 1.165) is 32.3 Å². The first-order valence-electron chi connectivity index (χ1n) is 9.43. The molecular weight excluding hydrogens is 340 g/mol. The van der Waals surface area contributed by atoms with Crippen LogP contribution in [0.2, 0.25) is 0 Å². The molecule has 6 fully saturated rings. The molecule has 4 bridgehead atoms. The highest BCUT2D eigenvalue weighted by Crippen LogP contribution is 2.37. The highest BCUT2D eigenvalue weighted by Gasteiger charge is 2.33. The molecule has 0 aromatic carbocycles. The third-order valence-electron chi connectivity index (χ3n) is 6.54. The van der Waals surface area contributed by atoms with Crippen LogP contribution in [0.15, 0.2) is 0 Å². The van der Waals surface area contributed by atoms with Crippen molar-refractivity contribution < 1.29 is 0 Å². The van der Waals surface area contributed by atoms with Crippen LogP contribution in [0, 0.1) is 23.7 Å². The second kappa shape index (κ2) is 7.17. The van der Waals surface area contributed by atoms with Gasteiger partial charge >= 0.3 is 0 Å². The van der Waals surface area contributed by atoms with E-state index in [1.165, 1.54) is 77.5 Å². The van der Waals surface area contributed by atoms with Gasteiger partial charge in [0.05, 0.1) is 0 Å². The van der Waals surface area contributed by atoms with E-state index in [1.807, 2.05) is 0 Å². The fourth-order valence-corrected chi connectivity index (χ4v) is 6.73. The van der Waals surface area contributed by atoms with Gasteiger partial charge < -0.3 is 9.80 Å². The number of hydrogen-bond donors (Lipinski definition) is 0. The molecule has 6 rings (SSSR count). The highest BCUT2D eigenvalue weighted by molar-refractivity contribution is 8.37. The maximum Gasteiger partial charge on any atom is 0.143 e. The van der Waals surface area contributed by atoms with Crippen LogP contribution in [0.3, 0.4) is 0 Å². The van der Waals surface area contributed by atoms with Crippen molar-refractivity contribution in [3.63, 3.8) is 0 Å². The third-order valence-corrected chi connectivity index (χ3v) is 8.42. The lowest BCUT2D eigenvalue weighted by molar-refractivity contribution is 0.326. The van der Waals surface area contributed by atoms with Gasteiger partial charge in [0.1, 0.15) is 8.64 Å². The lowest BCUT2D eigenvalue weighted by Crippen LogP contribution is -2.36. The van der Waals surface area contributed by atoms with E-state index in [9.17, 15) is 0 Å². The zero-order chi connectivity index (χ0) is 15.8. The predicted molar refractivity (Wildman–Crippen MR) is 107 cm³/mol. The SMILES string of the molecule is S=C(SC(=S)N1CC2CCC(CC2)C1)N1CC2CCC(CC2)C1. The molecule has 4 aliphatic heterocycles. The Labute approximate surface area is 155 Å². The van der Waals surface area contributed by atoms with Crippen molar-refractivity contribution in [1.82, 2.24) is 9.80 Å². The van der Waals surface area contributed by atoms with Gasteiger partial charge in [0.25, 0.3) is 0 Å². The molecule has 2 saturated carbocycles. The first kappa shape index (κ1) is 16.6. The molecule has 0 atom stereocenters. The molecule has 0 radical (unpaired) electrons. The summed E-state index contributed by atoms with van der Waals surface area (Å²) in [5, 5.41) is 0. The summed E-state index contributed by atoms with van der Waals surface area (Å²) in [4.78, 5) is 4.96. The molecule has 5 heteroatoms. The van der Waals surface area contributed by atoms with Crippen molar-refractivity contribution in [2.24, 2.45) is 23.7 Å². The molecule has 2 aliphatic carbocycles. The Morgan fingerprint density at radius 1 is 0.565 bits per heavy atom. The normalized spacial score (nSPS) is 36.7. The van der Waals surface area contributed by atoms with E-state index in [1.54, 1.807) is 11.8 Å². The summed E-state index contributed by atoms with van der Waals surface area (Å²) in [6, 6.07) is 0. The smallest absolute Gasteiger partial charge is 0.143 e. The summed E-state index contributed by atoms with van der Waals surface area (Å²) >= 11 is 13.3. The van der Waals surface area contributed by atoms with Crippen molar-refractivity contribution >= 4 is 44.8 Å². The summed E-state index contributed by atoms with van der Waals surface area (Å²) in [6.45, 7) is 4.71. The van der Waals surface area contributed by atoms with E-state index in [-0.39, 0.29) is 0 Å². The summed E-state index contributed by atoms with van der Waals surface area (Å²) in [5.41, 5.74) is 0. The maximum atomic E-state index is 5.80. The van der Waals surface area contributed by atoms with Gasteiger partial charge in [0, 0.05) is 26.2 Å². The molecule has 2 nitrogen and oxygen atoms in total. The number of hydrogen-bond acceptors (Lipinski definition) is 3. The molecule has 0 N–H and O–H groups in total. The zero-order valence-electron chi connectivity index (χ0n) is 13.9. The van der Waals surface area contributed by atoms with Crippen molar-refractivity contribution in [3.05, 3.63) is 0 Å². The number of nitrogens with zero attached hydrogens (tertiary/aromatic N) is 2. The molecule has 4 heterocycles. The molecule has 4 saturated heterocycles. The van der Waals surface area contributed by atoms with Gasteiger partial charge in [-0.05, 0) is 86.8 Å². The molecule has 0 aromatic rings. The second-order valence-corrected chi connectivity index (χ2v) is 10.5. The third kappa shape index (κ3) is 3.87. The first-order chi connectivity index (χ1) is 11.2. The molecular formula is C18H28N2S3. The Balaban J connectivity index is 1.35. The Bertz CT molecular complexity index is 395. The summed E-state index contributed by atoms with van der Waals surface area (Å²) in [7, 11) is 0. The summed E-state index contributed by atoms with van der Waals surface area (Å²) < 4.78 is 2.09. The number of rotatable bonds is 0. The Morgan fingerprint density at radius 2 is 0.826 bits per heavy atom. The van der Waals surface area contributed by atoms with Crippen molar-refractivity contribution in [1.29, 1.82) is 0 Å². The average Bonchev–Trinajstić information content (AvgIpc) is 3.06. The minimum absolute atomic E-state index is 0.870. The van der Waals surface area contributed by atoms with E-state index in [4.69, 9.17) is 24.4 Å². The van der Waals surface area contributed by atoms with Crippen LogP contribution >= 0.6 is 36.2 Å². The number of thioether (sulfide) groups is 1. The van der Waals surface area contributed by atoms with Gasteiger partial charge in [-0.15, -0.1) is 0 Å². The van der Waals surface area contributed by atoms with Crippen molar-refractivity contribution in [3.8, 4) is 0 Å². The Hall–Kier alpha value is 0.130. The minimum Gasteiger partial charge on any atom is -0.357 e. The predicted octanol–water partition coefficient (Wildman–Crippen LogP) is 4.53. The minimum atomic E-state index is 0.870. The molecule has 0 spiro atoms. The molecule has 0 unspecified atom stereocenters. The quantitative estimate of drug-likeness (QED) is 0.578. The average molecular weight is 369 g/mol. The largest absolute Gasteiger partial charge is 0.357 e. The summed E-state index contributed by atoms with van der Waals surface area (Å²) in [5.74, 6) is 3.48. The number of fused-ring (bicyclic) bond motifs is 8. The summed E-state index contributed by atoms with van der Waals surface area (Å²) in [6.07, 6.45) is 11.3. The van der Waals surface area contributed by atoms with Crippen LogP contribution in [-0.4, -0.2) is 44.6 Å². The van der Waals surface area contributed by atoms with Crippen LogP contribution in [0.25, 0.3) is 0 Å². The van der Waals surface area contributed by atoms with Crippen LogP contribution in [0.4, 0.5) is 0 Å². The van der Waals surface area contributed by atoms with Crippen LogP contribution in [0.5, 0.6) is 0 Å². The van der Waals surface area contributed by atoms with Crippen LogP contribution < -0.4 is 0 Å². The molecule has 23 heavy (non-hydrogen) atoms. The zero-order valence-corrected chi connectivity index (χ0v) is 16.4. The van der Waals surface area contributed by atoms with Gasteiger partial charge in [-0.3, -0.25) is 0 Å². The fourth-order valence-electron chi connectivity index (χ4n) is 5.09. The molecule has 128 valence electrons. The van der Waals surface area contributed by atoms with E-state index in [2.05, 4.69) is 9.80 Å². The lowest BCUT2D eigenvalue weighted by Gasteiger charge is -2.29. The number of thiocarbonyl (C=S) groups is 2. The topological polar surface area (TPSA) is 6.48 Å². The van der Waals surface area contributed by atoms with Crippen molar-refractivity contribution in [2.45, 2.75) is 51.4 Å². The highest BCUT2D eigenvalue weighted by atomic mass is 32.2. The van der Waals surface area contributed by atoms with Gasteiger partial charge in [0.15, 0.2) is 0 Å². The molecule has 6 aliphatic rings. The second-order valence-electron chi connectivity index (χ2n) is 8.22. The van der Waals surface area contributed by atoms with Gasteiger partial charge in [-0.2, -0.15) is 0 Å². The first-order valence-corrected chi connectivity index (χ1v) is 11.1. The lowest BCUT2D eigenvalue weighted by atomic mass is 9.84. The standard InChI is InChI=1S/C18H28N2S3/c21-17(19-9-13-1-2-14(10-19)4-3-13)23-18(22)20-11-15-5-6-16(12-20)8-7-15/h13-16H,1-12H2. The molecule has 0 amide bonds. The van der Waals surface area contributed by atoms with Crippen LogP contribution in [-0.2, 0) is 0 Å². The van der Waals surface area contributed by atoms with Crippen molar-refractivity contribution in [2.75, 3.05) is 26.2 Å². The van der Waals surface area contributed by atoms with Crippen LogP contribution in [0.1, 0.15) is 51.4 Å². The van der Waals surface area contributed by atoms with E-state index in [0.29, 0.717) is 0 Å². The Morgan fingerprint density at radius 3 is 1.09 bits per heavy atom. The maximum absolute atomic E-state index is 5.80. The van der Waals surface area contributed by atoms with Gasteiger partial charge in [-0.1, -0.05) is 24.4 Å². The fraction of sp³-hybridized carbons (Fsp3) is 0.889. The van der Waals surface area contributed by atoms with E-state index < -0.39 is 0 Å². The molecule has 0 aromatic heterocycles.